The van der Waals surface area contributed by atoms with Crippen LogP contribution in [0.15, 0.2) is 61.2 Å². The molecule has 0 aliphatic carbocycles. The average molecular weight is 359 g/mol. The first-order valence-electron chi connectivity index (χ1n) is 8.84. The van der Waals surface area contributed by atoms with Gasteiger partial charge < -0.3 is 9.88 Å². The van der Waals surface area contributed by atoms with E-state index in [4.69, 9.17) is 0 Å². The summed E-state index contributed by atoms with van der Waals surface area (Å²) in [7, 11) is 1.83. The fraction of sp³-hybridized carbons (Fsp3) is 0.190. The molecule has 0 saturated heterocycles. The highest BCUT2D eigenvalue weighted by Gasteiger charge is 2.20. The van der Waals surface area contributed by atoms with Gasteiger partial charge in [0.1, 0.15) is 18.3 Å². The Kier molecular flexibility index (Phi) is 4.24. The number of aryl methyl sites for hydroxylation is 1. The van der Waals surface area contributed by atoms with Crippen molar-refractivity contribution in [1.29, 1.82) is 0 Å². The van der Waals surface area contributed by atoms with Crippen LogP contribution in [0.25, 0.3) is 16.6 Å². The van der Waals surface area contributed by atoms with Crippen LogP contribution in [-0.4, -0.2) is 37.6 Å². The van der Waals surface area contributed by atoms with E-state index in [1.807, 2.05) is 63.4 Å². The van der Waals surface area contributed by atoms with E-state index >= 15 is 0 Å². The Morgan fingerprint density at radius 1 is 1.15 bits per heavy atom. The van der Waals surface area contributed by atoms with Crippen LogP contribution in [0.1, 0.15) is 34.6 Å². The van der Waals surface area contributed by atoms with Gasteiger partial charge in [-0.1, -0.05) is 24.3 Å². The second kappa shape index (κ2) is 6.72. The second-order valence-electron chi connectivity index (χ2n) is 6.80. The molecule has 4 aromatic rings. The van der Waals surface area contributed by atoms with E-state index in [2.05, 4.69) is 21.1 Å². The van der Waals surface area contributed by atoms with E-state index in [-0.39, 0.29) is 11.9 Å². The maximum atomic E-state index is 12.9. The number of fused-ring (bicyclic) bond motifs is 1. The lowest BCUT2D eigenvalue weighted by atomic mass is 10.1. The number of H-pyrrole nitrogens is 1. The monoisotopic (exact) mass is 359 g/mol. The quantitative estimate of drug-likeness (QED) is 0.601. The first kappa shape index (κ1) is 17.0. The molecule has 0 radical (unpaired) electrons. The highest BCUT2D eigenvalue weighted by Crippen LogP contribution is 2.24. The molecule has 6 heteroatoms. The van der Waals surface area contributed by atoms with Crippen LogP contribution in [0, 0.1) is 6.92 Å². The minimum Gasteiger partial charge on any atom is -0.351 e. The Bertz CT molecular complexity index is 1080. The Labute approximate surface area is 157 Å². The van der Waals surface area contributed by atoms with Crippen molar-refractivity contribution in [2.75, 3.05) is 7.05 Å². The number of nitrogens with zero attached hydrogens (tertiary/aromatic N) is 4. The molecule has 0 fully saturated rings. The van der Waals surface area contributed by atoms with Gasteiger partial charge in [0, 0.05) is 18.0 Å². The first-order valence-corrected chi connectivity index (χ1v) is 8.84. The molecular formula is C21H21N5O. The van der Waals surface area contributed by atoms with Crippen molar-refractivity contribution in [3.63, 3.8) is 0 Å². The van der Waals surface area contributed by atoms with E-state index in [1.165, 1.54) is 6.33 Å². The van der Waals surface area contributed by atoms with E-state index in [0.717, 1.165) is 27.7 Å². The SMILES string of the molecule is Cc1ccc2cc(C(=O)N(C)C(C)c3ccc(-n4cncn4)cc3)[nH]c2c1. The number of hydrogen-bond donors (Lipinski definition) is 1. The number of nitrogens with one attached hydrogen (secondary N) is 1. The molecule has 0 bridgehead atoms. The van der Waals surface area contributed by atoms with Crippen molar-refractivity contribution >= 4 is 16.8 Å². The molecule has 6 nitrogen and oxygen atoms in total. The topological polar surface area (TPSA) is 66.8 Å². The van der Waals surface area contributed by atoms with Gasteiger partial charge in [-0.25, -0.2) is 9.67 Å². The lowest BCUT2D eigenvalue weighted by molar-refractivity contribution is 0.0737. The molecular weight excluding hydrogens is 338 g/mol. The fourth-order valence-electron chi connectivity index (χ4n) is 3.19. The Morgan fingerprint density at radius 3 is 2.63 bits per heavy atom. The standard InChI is InChI=1S/C21H21N5O/c1-14-4-5-17-11-20(24-19(17)10-14)21(27)25(3)15(2)16-6-8-18(9-7-16)26-13-22-12-23-26/h4-13,15,24H,1-3H3. The molecule has 0 spiro atoms. The van der Waals surface area contributed by atoms with Crippen LogP contribution in [0.2, 0.25) is 0 Å². The van der Waals surface area contributed by atoms with Crippen molar-refractivity contribution in [3.8, 4) is 5.69 Å². The summed E-state index contributed by atoms with van der Waals surface area (Å²) < 4.78 is 1.70. The van der Waals surface area contributed by atoms with Gasteiger partial charge >= 0.3 is 0 Å². The van der Waals surface area contributed by atoms with Crippen LogP contribution in [0.5, 0.6) is 0 Å². The molecule has 0 saturated carbocycles. The molecule has 1 atom stereocenters. The van der Waals surface area contributed by atoms with Gasteiger partial charge in [-0.05, 0) is 49.2 Å². The van der Waals surface area contributed by atoms with Gasteiger partial charge in [0.05, 0.1) is 11.7 Å². The average Bonchev–Trinajstić information content (AvgIpc) is 3.36. The summed E-state index contributed by atoms with van der Waals surface area (Å²) in [4.78, 5) is 21.9. The lowest BCUT2D eigenvalue weighted by Crippen LogP contribution is -2.29. The third-order valence-corrected chi connectivity index (χ3v) is 4.97. The zero-order valence-corrected chi connectivity index (χ0v) is 15.5. The highest BCUT2D eigenvalue weighted by atomic mass is 16.2. The Morgan fingerprint density at radius 2 is 1.93 bits per heavy atom. The minimum atomic E-state index is -0.0598. The third kappa shape index (κ3) is 3.21. The zero-order valence-electron chi connectivity index (χ0n) is 15.5. The number of amides is 1. The van der Waals surface area contributed by atoms with Crippen molar-refractivity contribution in [2.45, 2.75) is 19.9 Å². The van der Waals surface area contributed by atoms with Gasteiger partial charge in [-0.2, -0.15) is 5.10 Å². The molecule has 1 N–H and O–H groups in total. The predicted octanol–water partition coefficient (Wildman–Crippen LogP) is 3.89. The molecule has 2 aromatic heterocycles. The fourth-order valence-corrected chi connectivity index (χ4v) is 3.19. The number of benzene rings is 2. The summed E-state index contributed by atoms with van der Waals surface area (Å²) >= 11 is 0. The van der Waals surface area contributed by atoms with E-state index in [9.17, 15) is 4.79 Å². The second-order valence-corrected chi connectivity index (χ2v) is 6.80. The number of aromatic amines is 1. The Balaban J connectivity index is 1.55. The number of carbonyl (C=O) groups is 1. The molecule has 1 amide bonds. The largest absolute Gasteiger partial charge is 0.351 e. The third-order valence-electron chi connectivity index (χ3n) is 4.97. The van der Waals surface area contributed by atoms with E-state index in [0.29, 0.717) is 5.69 Å². The minimum absolute atomic E-state index is 0.0308. The summed E-state index contributed by atoms with van der Waals surface area (Å²) in [6.45, 7) is 4.06. The van der Waals surface area contributed by atoms with Crippen LogP contribution in [0.4, 0.5) is 0 Å². The van der Waals surface area contributed by atoms with E-state index in [1.54, 1.807) is 15.9 Å². The van der Waals surface area contributed by atoms with Crippen LogP contribution >= 0.6 is 0 Å². The summed E-state index contributed by atoms with van der Waals surface area (Å²) in [5, 5.41) is 5.17. The number of carbonyl (C=O) groups excluding carboxylic acids is 1. The lowest BCUT2D eigenvalue weighted by Gasteiger charge is -2.25. The van der Waals surface area contributed by atoms with Gasteiger partial charge in [0.25, 0.3) is 5.91 Å². The molecule has 136 valence electrons. The van der Waals surface area contributed by atoms with Crippen LogP contribution in [0.3, 0.4) is 0 Å². The van der Waals surface area contributed by atoms with Gasteiger partial charge in [-0.15, -0.1) is 0 Å². The molecule has 1 unspecified atom stereocenters. The molecule has 0 aliphatic rings. The number of aromatic nitrogens is 4. The zero-order chi connectivity index (χ0) is 19.0. The molecule has 27 heavy (non-hydrogen) atoms. The van der Waals surface area contributed by atoms with E-state index < -0.39 is 0 Å². The normalized spacial score (nSPS) is 12.3. The summed E-state index contributed by atoms with van der Waals surface area (Å²) in [6, 6.07) is 16.0. The van der Waals surface area contributed by atoms with Crippen LogP contribution < -0.4 is 0 Å². The number of rotatable bonds is 4. The highest BCUT2D eigenvalue weighted by molar-refractivity contribution is 5.98. The smallest absolute Gasteiger partial charge is 0.270 e. The molecule has 2 aromatic carbocycles. The molecule has 4 rings (SSSR count). The summed E-state index contributed by atoms with van der Waals surface area (Å²) in [6.07, 6.45) is 3.16. The summed E-state index contributed by atoms with van der Waals surface area (Å²) in [5.74, 6) is -0.0308. The van der Waals surface area contributed by atoms with Gasteiger partial charge in [0.15, 0.2) is 0 Å². The maximum absolute atomic E-state index is 12.9. The van der Waals surface area contributed by atoms with Crippen molar-refractivity contribution in [2.24, 2.45) is 0 Å². The van der Waals surface area contributed by atoms with Gasteiger partial charge in [-0.3, -0.25) is 4.79 Å². The first-order chi connectivity index (χ1) is 13.0. The predicted molar refractivity (Wildman–Crippen MR) is 105 cm³/mol. The summed E-state index contributed by atoms with van der Waals surface area (Å²) in [5.41, 5.74) is 4.74. The van der Waals surface area contributed by atoms with Crippen molar-refractivity contribution in [3.05, 3.63) is 78.0 Å². The van der Waals surface area contributed by atoms with Crippen LogP contribution in [-0.2, 0) is 0 Å². The van der Waals surface area contributed by atoms with Crippen molar-refractivity contribution in [1.82, 2.24) is 24.6 Å². The van der Waals surface area contributed by atoms with Crippen molar-refractivity contribution < 1.29 is 4.79 Å². The Hall–Kier alpha value is -3.41. The van der Waals surface area contributed by atoms with Gasteiger partial charge in [0.2, 0.25) is 0 Å². The molecule has 2 heterocycles. The number of hydrogen-bond acceptors (Lipinski definition) is 3. The maximum Gasteiger partial charge on any atom is 0.270 e. The molecule has 0 aliphatic heterocycles.